The van der Waals surface area contributed by atoms with Crippen molar-refractivity contribution in [2.45, 2.75) is 65.5 Å². The smallest absolute Gasteiger partial charge is 0.410 e. The molecule has 39 heavy (non-hydrogen) atoms. The number of pyridine rings is 2. The van der Waals surface area contributed by atoms with Crippen LogP contribution in [0.3, 0.4) is 0 Å². The Morgan fingerprint density at radius 2 is 2.00 bits per heavy atom. The monoisotopic (exact) mass is 560 g/mol. The Labute approximate surface area is 231 Å². The highest BCUT2D eigenvalue weighted by Crippen LogP contribution is 2.32. The van der Waals surface area contributed by atoms with Gasteiger partial charge in [0.1, 0.15) is 11.4 Å². The molecule has 210 valence electrons. The topological polar surface area (TPSA) is 114 Å². The van der Waals surface area contributed by atoms with E-state index in [1.165, 1.54) is 10.6 Å². The number of carbonyl (C=O) groups is 1. The van der Waals surface area contributed by atoms with Crippen LogP contribution in [-0.2, 0) is 11.2 Å². The molecule has 0 bridgehead atoms. The van der Waals surface area contributed by atoms with E-state index in [0.717, 1.165) is 0 Å². The van der Waals surface area contributed by atoms with Crippen LogP contribution in [-0.4, -0.2) is 73.5 Å². The summed E-state index contributed by atoms with van der Waals surface area (Å²) in [5.74, 6) is -0.565. The zero-order valence-electron chi connectivity index (χ0n) is 23.0. The molecule has 1 aliphatic rings. The second-order valence-electron chi connectivity index (χ2n) is 11.0. The lowest BCUT2D eigenvalue weighted by Crippen LogP contribution is -2.55. The third-order valence-corrected chi connectivity index (χ3v) is 6.76. The highest BCUT2D eigenvalue weighted by molar-refractivity contribution is 6.30. The van der Waals surface area contributed by atoms with Gasteiger partial charge in [-0.25, -0.2) is 23.5 Å². The molecule has 1 fully saturated rings. The van der Waals surface area contributed by atoms with Gasteiger partial charge in [-0.15, -0.1) is 0 Å². The standard InChI is InChI=1S/C27H34ClFN6O4/c1-15(2)20-21(17(8-12-36)7-9-30-20)35-24-18(13-19(29)22(28)31-24)23(32-25(35)37)34-11-10-33(14-16(34)3)26(38)39-27(4,5)6/h7,9,13,15-16,36H,8,10-12,14H2,1-6H3/t16-/m0/s1. The number of rotatable bonds is 5. The number of ether oxygens (including phenoxy) is 1. The highest BCUT2D eigenvalue weighted by Gasteiger charge is 2.33. The number of piperazine rings is 1. The maximum atomic E-state index is 14.8. The number of hydrogen-bond acceptors (Lipinski definition) is 8. The first-order valence-electron chi connectivity index (χ1n) is 12.9. The number of aliphatic hydroxyl groups excluding tert-OH is 1. The lowest BCUT2D eigenvalue weighted by Gasteiger charge is -2.41. The highest BCUT2D eigenvalue weighted by atomic mass is 35.5. The Hall–Kier alpha value is -3.31. The molecule has 1 aliphatic heterocycles. The number of amides is 1. The van der Waals surface area contributed by atoms with Gasteiger partial charge in [-0.1, -0.05) is 25.4 Å². The van der Waals surface area contributed by atoms with Gasteiger partial charge in [0.05, 0.1) is 16.8 Å². The fourth-order valence-corrected chi connectivity index (χ4v) is 4.92. The molecule has 4 heterocycles. The summed E-state index contributed by atoms with van der Waals surface area (Å²) in [5, 5.41) is 9.61. The van der Waals surface area contributed by atoms with E-state index in [2.05, 4.69) is 15.0 Å². The second kappa shape index (κ2) is 11.1. The van der Waals surface area contributed by atoms with E-state index in [0.29, 0.717) is 42.0 Å². The van der Waals surface area contributed by atoms with Crippen LogP contribution in [0.5, 0.6) is 0 Å². The number of hydrogen-bond donors (Lipinski definition) is 1. The van der Waals surface area contributed by atoms with Crippen LogP contribution in [0.15, 0.2) is 23.1 Å². The number of halogens is 2. The van der Waals surface area contributed by atoms with Crippen molar-refractivity contribution < 1.29 is 19.0 Å². The van der Waals surface area contributed by atoms with Gasteiger partial charge in [0.25, 0.3) is 0 Å². The molecule has 12 heteroatoms. The van der Waals surface area contributed by atoms with E-state index >= 15 is 0 Å². The van der Waals surface area contributed by atoms with Crippen LogP contribution in [0, 0.1) is 5.82 Å². The zero-order valence-corrected chi connectivity index (χ0v) is 23.8. The minimum Gasteiger partial charge on any atom is -0.444 e. The molecular weight excluding hydrogens is 527 g/mol. The van der Waals surface area contributed by atoms with Crippen molar-refractivity contribution in [2.75, 3.05) is 31.1 Å². The van der Waals surface area contributed by atoms with Gasteiger partial charge in [-0.05, 0) is 57.7 Å². The number of nitrogens with zero attached hydrogens (tertiary/aromatic N) is 6. The predicted octanol–water partition coefficient (Wildman–Crippen LogP) is 4.07. The summed E-state index contributed by atoms with van der Waals surface area (Å²) in [6.07, 6.45) is 1.48. The molecule has 0 unspecified atom stereocenters. The van der Waals surface area contributed by atoms with Gasteiger partial charge in [0, 0.05) is 38.5 Å². The summed E-state index contributed by atoms with van der Waals surface area (Å²) in [7, 11) is 0. The van der Waals surface area contributed by atoms with Crippen molar-refractivity contribution in [1.82, 2.24) is 24.4 Å². The quantitative estimate of drug-likeness (QED) is 0.465. The minimum absolute atomic E-state index is 0.0721. The van der Waals surface area contributed by atoms with Crippen LogP contribution in [0.1, 0.15) is 58.7 Å². The number of anilines is 1. The van der Waals surface area contributed by atoms with Crippen LogP contribution >= 0.6 is 11.6 Å². The van der Waals surface area contributed by atoms with E-state index in [1.807, 2.05) is 25.7 Å². The number of carbonyl (C=O) groups excluding carboxylic acids is 1. The molecule has 10 nitrogen and oxygen atoms in total. The van der Waals surface area contributed by atoms with E-state index in [-0.39, 0.29) is 41.6 Å². The molecule has 1 atom stereocenters. The average Bonchev–Trinajstić information content (AvgIpc) is 2.84. The third kappa shape index (κ3) is 5.84. The first kappa shape index (κ1) is 28.7. The summed E-state index contributed by atoms with van der Waals surface area (Å²) in [5.41, 5.74) is 0.610. The molecule has 3 aromatic rings. The first-order chi connectivity index (χ1) is 18.3. The molecule has 1 N–H and O–H groups in total. The van der Waals surface area contributed by atoms with Crippen LogP contribution in [0.25, 0.3) is 16.7 Å². The fourth-order valence-electron chi connectivity index (χ4n) is 4.78. The second-order valence-corrected chi connectivity index (χ2v) is 11.3. The summed E-state index contributed by atoms with van der Waals surface area (Å²) < 4.78 is 21.6. The largest absolute Gasteiger partial charge is 0.444 e. The van der Waals surface area contributed by atoms with E-state index in [1.54, 1.807) is 37.9 Å². The predicted molar refractivity (Wildman–Crippen MR) is 147 cm³/mol. The molecule has 1 saturated heterocycles. The van der Waals surface area contributed by atoms with Gasteiger partial charge >= 0.3 is 11.8 Å². The fraction of sp³-hybridized carbons (Fsp3) is 0.519. The number of fused-ring (bicyclic) bond motifs is 1. The van der Waals surface area contributed by atoms with Gasteiger partial charge in [0.2, 0.25) is 0 Å². The summed E-state index contributed by atoms with van der Waals surface area (Å²) >= 11 is 6.13. The van der Waals surface area contributed by atoms with Crippen molar-refractivity contribution >= 4 is 34.5 Å². The third-order valence-electron chi connectivity index (χ3n) is 6.50. The molecule has 0 saturated carbocycles. The molecule has 3 aromatic heterocycles. The Morgan fingerprint density at radius 1 is 1.28 bits per heavy atom. The Balaban J connectivity index is 1.87. The Morgan fingerprint density at radius 3 is 2.62 bits per heavy atom. The van der Waals surface area contributed by atoms with Gasteiger partial charge < -0.3 is 19.6 Å². The van der Waals surface area contributed by atoms with E-state index in [9.17, 15) is 19.1 Å². The first-order valence-corrected chi connectivity index (χ1v) is 13.3. The average molecular weight is 561 g/mol. The van der Waals surface area contributed by atoms with Crippen molar-refractivity contribution in [3.63, 3.8) is 0 Å². The van der Waals surface area contributed by atoms with Crippen molar-refractivity contribution in [3.05, 3.63) is 51.0 Å². The number of aromatic nitrogens is 4. The van der Waals surface area contributed by atoms with Gasteiger partial charge in [-0.2, -0.15) is 4.98 Å². The van der Waals surface area contributed by atoms with Gasteiger partial charge in [-0.3, -0.25) is 4.98 Å². The van der Waals surface area contributed by atoms with E-state index in [4.69, 9.17) is 16.3 Å². The van der Waals surface area contributed by atoms with Gasteiger partial charge in [0.15, 0.2) is 16.6 Å². The minimum atomic E-state index is -0.747. The van der Waals surface area contributed by atoms with Crippen LogP contribution in [0.2, 0.25) is 5.15 Å². The van der Waals surface area contributed by atoms with Crippen LogP contribution < -0.4 is 10.6 Å². The van der Waals surface area contributed by atoms with Crippen LogP contribution in [0.4, 0.5) is 15.0 Å². The Bertz CT molecular complexity index is 1450. The lowest BCUT2D eigenvalue weighted by molar-refractivity contribution is 0.0218. The molecule has 0 aliphatic carbocycles. The normalized spacial score (nSPS) is 16.3. The molecule has 0 spiro atoms. The zero-order chi connectivity index (χ0) is 28.6. The summed E-state index contributed by atoms with van der Waals surface area (Å²) in [6.45, 7) is 12.0. The van der Waals surface area contributed by atoms with Crippen molar-refractivity contribution in [2.24, 2.45) is 0 Å². The molecular formula is C27H34ClFN6O4. The summed E-state index contributed by atoms with van der Waals surface area (Å²) in [6, 6.07) is 2.70. The molecule has 1 amide bonds. The summed E-state index contributed by atoms with van der Waals surface area (Å²) in [4.78, 5) is 43.0. The Kier molecular flexibility index (Phi) is 8.13. The number of aliphatic hydroxyl groups is 1. The SMILES string of the molecule is CC(C)c1nccc(CCO)c1-n1c(=O)nc(N2CCN(C(=O)OC(C)(C)C)C[C@@H]2C)c2cc(F)c(Cl)nc21. The van der Waals surface area contributed by atoms with Crippen molar-refractivity contribution in [1.29, 1.82) is 0 Å². The van der Waals surface area contributed by atoms with E-state index < -0.39 is 23.2 Å². The maximum Gasteiger partial charge on any atom is 0.410 e. The molecule has 0 radical (unpaired) electrons. The maximum absolute atomic E-state index is 14.8. The lowest BCUT2D eigenvalue weighted by atomic mass is 10.0. The molecule has 4 rings (SSSR count). The molecule has 0 aromatic carbocycles. The van der Waals surface area contributed by atoms with Crippen molar-refractivity contribution in [3.8, 4) is 5.69 Å².